The van der Waals surface area contributed by atoms with Crippen molar-refractivity contribution in [3.8, 4) is 0 Å². The largest absolute Gasteiger partial charge is 0.465 e. The topological polar surface area (TPSA) is 62.7 Å². The number of pyridine rings is 1. The van der Waals surface area contributed by atoms with Gasteiger partial charge in [0.15, 0.2) is 0 Å². The Morgan fingerprint density at radius 1 is 1.11 bits per heavy atom. The van der Waals surface area contributed by atoms with Crippen LogP contribution in [0.4, 0.5) is 0 Å². The monoisotopic (exact) mass is 381 g/mol. The predicted molar refractivity (Wildman–Crippen MR) is 107 cm³/mol. The van der Waals surface area contributed by atoms with Crippen LogP contribution in [0.3, 0.4) is 0 Å². The van der Waals surface area contributed by atoms with Gasteiger partial charge < -0.3 is 14.5 Å². The van der Waals surface area contributed by atoms with E-state index < -0.39 is 0 Å². The number of esters is 1. The van der Waals surface area contributed by atoms with Gasteiger partial charge in [-0.05, 0) is 61.3 Å². The number of benzene rings is 1. The molecule has 1 aromatic heterocycles. The molecule has 0 spiro atoms. The summed E-state index contributed by atoms with van der Waals surface area (Å²) in [6.45, 7) is 2.99. The Bertz CT molecular complexity index is 786. The maximum atomic E-state index is 13.0. The number of rotatable bonds is 7. The fourth-order valence-corrected chi connectivity index (χ4v) is 3.60. The summed E-state index contributed by atoms with van der Waals surface area (Å²) in [5.41, 5.74) is 2.45. The molecule has 1 aromatic carbocycles. The standard InChI is InChI=1S/C22H27N3O3/c1-24(21(26)15-17-5-7-19(8-6-17)22(27)28-2)20(16-25-13-3-4-14-25)18-9-11-23-12-10-18/h5-12,20H,3-4,13-16H2,1-2H3. The highest BCUT2D eigenvalue weighted by atomic mass is 16.5. The number of ether oxygens (including phenoxy) is 1. The van der Waals surface area contributed by atoms with Crippen LogP contribution in [0, 0.1) is 0 Å². The molecule has 148 valence electrons. The molecule has 6 nitrogen and oxygen atoms in total. The van der Waals surface area contributed by atoms with E-state index in [1.807, 2.05) is 24.1 Å². The minimum atomic E-state index is -0.377. The van der Waals surface area contributed by atoms with Crippen LogP contribution in [0.15, 0.2) is 48.8 Å². The van der Waals surface area contributed by atoms with E-state index in [-0.39, 0.29) is 17.9 Å². The molecule has 1 aliphatic heterocycles. The average molecular weight is 381 g/mol. The Balaban J connectivity index is 1.71. The molecule has 0 saturated carbocycles. The minimum Gasteiger partial charge on any atom is -0.465 e. The minimum absolute atomic E-state index is 0.0112. The highest BCUT2D eigenvalue weighted by Crippen LogP contribution is 2.23. The zero-order chi connectivity index (χ0) is 19.9. The van der Waals surface area contributed by atoms with Gasteiger partial charge in [0.25, 0.3) is 0 Å². The van der Waals surface area contributed by atoms with Gasteiger partial charge in [-0.25, -0.2) is 4.79 Å². The normalized spacial score (nSPS) is 15.2. The number of nitrogens with zero attached hydrogens (tertiary/aromatic N) is 3. The number of methoxy groups -OCH3 is 1. The van der Waals surface area contributed by atoms with Crippen molar-refractivity contribution in [2.24, 2.45) is 0 Å². The number of likely N-dealkylation sites (N-methyl/N-ethyl adjacent to an activating group) is 1. The highest BCUT2D eigenvalue weighted by molar-refractivity contribution is 5.89. The van der Waals surface area contributed by atoms with Crippen LogP contribution in [0.2, 0.25) is 0 Å². The lowest BCUT2D eigenvalue weighted by Crippen LogP contribution is -2.39. The molecule has 0 bridgehead atoms. The van der Waals surface area contributed by atoms with Gasteiger partial charge in [0.05, 0.1) is 25.1 Å². The zero-order valence-electron chi connectivity index (χ0n) is 16.5. The van der Waals surface area contributed by atoms with Crippen LogP contribution in [0.5, 0.6) is 0 Å². The van der Waals surface area contributed by atoms with Gasteiger partial charge >= 0.3 is 5.97 Å². The maximum Gasteiger partial charge on any atom is 0.337 e. The van der Waals surface area contributed by atoms with Crippen molar-refractivity contribution in [1.82, 2.24) is 14.8 Å². The summed E-state index contributed by atoms with van der Waals surface area (Å²) in [4.78, 5) is 32.9. The molecular weight excluding hydrogens is 354 g/mol. The number of carbonyl (C=O) groups excluding carboxylic acids is 2. The van der Waals surface area contributed by atoms with Crippen LogP contribution in [-0.2, 0) is 16.0 Å². The van der Waals surface area contributed by atoms with E-state index in [1.165, 1.54) is 20.0 Å². The maximum absolute atomic E-state index is 13.0. The number of carbonyl (C=O) groups is 2. The van der Waals surface area contributed by atoms with Crippen molar-refractivity contribution >= 4 is 11.9 Å². The molecule has 2 heterocycles. The average Bonchev–Trinajstić information content (AvgIpc) is 3.25. The van der Waals surface area contributed by atoms with Crippen molar-refractivity contribution in [2.75, 3.05) is 33.8 Å². The lowest BCUT2D eigenvalue weighted by molar-refractivity contribution is -0.131. The molecule has 6 heteroatoms. The summed E-state index contributed by atoms with van der Waals surface area (Å²) in [5.74, 6) is -0.329. The third-order valence-electron chi connectivity index (χ3n) is 5.31. The zero-order valence-corrected chi connectivity index (χ0v) is 16.5. The van der Waals surface area contributed by atoms with Gasteiger partial charge in [-0.2, -0.15) is 0 Å². The van der Waals surface area contributed by atoms with Crippen LogP contribution >= 0.6 is 0 Å². The van der Waals surface area contributed by atoms with Crippen molar-refractivity contribution in [3.05, 3.63) is 65.5 Å². The van der Waals surface area contributed by atoms with Crippen LogP contribution < -0.4 is 0 Å². The summed E-state index contributed by atoms with van der Waals surface area (Å²) in [7, 11) is 3.22. The molecule has 2 aromatic rings. The molecular formula is C22H27N3O3. The van der Waals surface area contributed by atoms with E-state index in [2.05, 4.69) is 9.88 Å². The Morgan fingerprint density at radius 3 is 2.36 bits per heavy atom. The van der Waals surface area contributed by atoms with Crippen molar-refractivity contribution < 1.29 is 14.3 Å². The van der Waals surface area contributed by atoms with E-state index in [1.54, 1.807) is 36.7 Å². The van der Waals surface area contributed by atoms with Gasteiger partial charge in [-0.3, -0.25) is 9.78 Å². The van der Waals surface area contributed by atoms with Crippen molar-refractivity contribution in [2.45, 2.75) is 25.3 Å². The number of amides is 1. The molecule has 1 amide bonds. The van der Waals surface area contributed by atoms with Gasteiger partial charge in [-0.1, -0.05) is 12.1 Å². The fourth-order valence-electron chi connectivity index (χ4n) is 3.60. The summed E-state index contributed by atoms with van der Waals surface area (Å²) >= 11 is 0. The Morgan fingerprint density at radius 2 is 1.75 bits per heavy atom. The predicted octanol–water partition coefficient (Wildman–Crippen LogP) is 2.71. The molecule has 1 fully saturated rings. The Labute approximate surface area is 166 Å². The molecule has 0 N–H and O–H groups in total. The van der Waals surface area contributed by atoms with E-state index in [4.69, 9.17) is 4.74 Å². The molecule has 0 radical (unpaired) electrons. The summed E-state index contributed by atoms with van der Waals surface area (Å²) in [5, 5.41) is 0. The SMILES string of the molecule is COC(=O)c1ccc(CC(=O)N(C)C(CN2CCCC2)c2ccncc2)cc1. The first-order chi connectivity index (χ1) is 13.6. The highest BCUT2D eigenvalue weighted by Gasteiger charge is 2.25. The van der Waals surface area contributed by atoms with Gasteiger partial charge in [0, 0.05) is 26.0 Å². The van der Waals surface area contributed by atoms with Crippen LogP contribution in [0.1, 0.15) is 40.4 Å². The third-order valence-corrected chi connectivity index (χ3v) is 5.31. The van der Waals surface area contributed by atoms with Gasteiger partial charge in [-0.15, -0.1) is 0 Å². The number of hydrogen-bond acceptors (Lipinski definition) is 5. The molecule has 1 atom stereocenters. The van der Waals surface area contributed by atoms with E-state index >= 15 is 0 Å². The van der Waals surface area contributed by atoms with Crippen molar-refractivity contribution in [1.29, 1.82) is 0 Å². The van der Waals surface area contributed by atoms with Crippen molar-refractivity contribution in [3.63, 3.8) is 0 Å². The summed E-state index contributed by atoms with van der Waals surface area (Å²) in [6.07, 6.45) is 6.27. The lowest BCUT2D eigenvalue weighted by Gasteiger charge is -2.32. The van der Waals surface area contributed by atoms with Crippen LogP contribution in [0.25, 0.3) is 0 Å². The second-order valence-corrected chi connectivity index (χ2v) is 7.17. The molecule has 1 aliphatic rings. The third kappa shape index (κ3) is 4.95. The molecule has 1 unspecified atom stereocenters. The second-order valence-electron chi connectivity index (χ2n) is 7.17. The number of hydrogen-bond donors (Lipinski definition) is 0. The molecule has 3 rings (SSSR count). The number of likely N-dealkylation sites (tertiary alicyclic amines) is 1. The summed E-state index contributed by atoms with van der Waals surface area (Å²) < 4.78 is 4.72. The lowest BCUT2D eigenvalue weighted by atomic mass is 10.0. The molecule has 0 aliphatic carbocycles. The van der Waals surface area contributed by atoms with Gasteiger partial charge in [0.2, 0.25) is 5.91 Å². The summed E-state index contributed by atoms with van der Waals surface area (Å²) in [6, 6.07) is 11.0. The first kappa shape index (κ1) is 20.0. The fraction of sp³-hybridized carbons (Fsp3) is 0.409. The molecule has 28 heavy (non-hydrogen) atoms. The first-order valence-electron chi connectivity index (χ1n) is 9.63. The second kappa shape index (κ2) is 9.46. The quantitative estimate of drug-likeness (QED) is 0.690. The smallest absolute Gasteiger partial charge is 0.337 e. The Hall–Kier alpha value is -2.73. The first-order valence-corrected chi connectivity index (χ1v) is 9.63. The van der Waals surface area contributed by atoms with E-state index in [0.717, 1.165) is 30.8 Å². The van der Waals surface area contributed by atoms with Gasteiger partial charge in [0.1, 0.15) is 0 Å². The Kier molecular flexibility index (Phi) is 6.76. The van der Waals surface area contributed by atoms with E-state index in [0.29, 0.717) is 12.0 Å². The number of aromatic nitrogens is 1. The van der Waals surface area contributed by atoms with E-state index in [9.17, 15) is 9.59 Å². The van der Waals surface area contributed by atoms with Crippen LogP contribution in [-0.4, -0.2) is 60.5 Å². The molecule has 1 saturated heterocycles.